The molecule has 0 amide bonds. The van der Waals surface area contributed by atoms with Gasteiger partial charge in [0.25, 0.3) is 5.56 Å². The standard InChI is InChI=1S/C16H15BrN2O3/c17-12-3-1-11(2-4-12)15(22)13-5-6-14(21)19-8-7-18(9-10-20)16(13)19/h1-6,20H,7-10H2. The first kappa shape index (κ1) is 15.0. The number of β-amino-alcohol motifs (C(OH)–C–C–N with tert-alkyl or cyclic N) is 1. The van der Waals surface area contributed by atoms with E-state index >= 15 is 0 Å². The molecule has 0 radical (unpaired) electrons. The van der Waals surface area contributed by atoms with Crippen LogP contribution in [0, 0.1) is 0 Å². The molecule has 1 aliphatic heterocycles. The van der Waals surface area contributed by atoms with Gasteiger partial charge in [0.1, 0.15) is 5.82 Å². The first-order valence-corrected chi connectivity index (χ1v) is 7.81. The summed E-state index contributed by atoms with van der Waals surface area (Å²) in [6, 6.07) is 10.1. The molecule has 5 nitrogen and oxygen atoms in total. The zero-order valence-electron chi connectivity index (χ0n) is 11.8. The summed E-state index contributed by atoms with van der Waals surface area (Å²) in [7, 11) is 0. The molecule has 1 aromatic carbocycles. The number of pyridine rings is 1. The average Bonchev–Trinajstić information content (AvgIpc) is 2.93. The number of anilines is 1. The number of aliphatic hydroxyl groups excluding tert-OH is 1. The molecule has 0 spiro atoms. The molecule has 0 atom stereocenters. The van der Waals surface area contributed by atoms with E-state index in [2.05, 4.69) is 15.9 Å². The molecular weight excluding hydrogens is 348 g/mol. The molecule has 22 heavy (non-hydrogen) atoms. The molecular formula is C16H15BrN2O3. The minimum Gasteiger partial charge on any atom is -0.395 e. The minimum absolute atomic E-state index is 0.0189. The van der Waals surface area contributed by atoms with Gasteiger partial charge in [0.15, 0.2) is 5.78 Å². The van der Waals surface area contributed by atoms with Gasteiger partial charge in [0.2, 0.25) is 0 Å². The number of benzene rings is 1. The molecule has 2 heterocycles. The zero-order chi connectivity index (χ0) is 15.7. The normalized spacial score (nSPS) is 13.3. The molecule has 1 aliphatic rings. The van der Waals surface area contributed by atoms with E-state index in [1.165, 1.54) is 6.07 Å². The SMILES string of the molecule is O=C(c1ccc(Br)cc1)c1ccc(=O)n2c1N(CCO)CC2. The molecule has 0 fully saturated rings. The number of nitrogens with zero attached hydrogens (tertiary/aromatic N) is 2. The number of hydrogen-bond acceptors (Lipinski definition) is 4. The maximum Gasteiger partial charge on any atom is 0.252 e. The van der Waals surface area contributed by atoms with E-state index in [0.29, 0.717) is 36.6 Å². The van der Waals surface area contributed by atoms with Crippen LogP contribution in [0.4, 0.5) is 5.82 Å². The summed E-state index contributed by atoms with van der Waals surface area (Å²) in [5.74, 6) is 0.482. The number of hydrogen-bond donors (Lipinski definition) is 1. The Hall–Kier alpha value is -1.92. The lowest BCUT2D eigenvalue weighted by atomic mass is 10.0. The number of carbonyl (C=O) groups excluding carboxylic acids is 1. The van der Waals surface area contributed by atoms with E-state index in [1.807, 2.05) is 17.0 Å². The van der Waals surface area contributed by atoms with Crippen molar-refractivity contribution in [3.8, 4) is 0 Å². The summed E-state index contributed by atoms with van der Waals surface area (Å²) in [6.07, 6.45) is 0. The van der Waals surface area contributed by atoms with Crippen LogP contribution in [-0.2, 0) is 6.54 Å². The number of carbonyl (C=O) groups is 1. The second-order valence-electron chi connectivity index (χ2n) is 5.11. The highest BCUT2D eigenvalue weighted by atomic mass is 79.9. The Morgan fingerprint density at radius 2 is 1.86 bits per heavy atom. The second-order valence-corrected chi connectivity index (χ2v) is 6.02. The van der Waals surface area contributed by atoms with E-state index in [0.717, 1.165) is 4.47 Å². The number of fused-ring (bicyclic) bond motifs is 1. The highest BCUT2D eigenvalue weighted by molar-refractivity contribution is 9.10. The summed E-state index contributed by atoms with van der Waals surface area (Å²) >= 11 is 3.35. The van der Waals surface area contributed by atoms with Crippen LogP contribution in [0.5, 0.6) is 0 Å². The molecule has 0 saturated carbocycles. The molecule has 2 aromatic rings. The van der Waals surface area contributed by atoms with E-state index in [1.54, 1.807) is 22.8 Å². The largest absolute Gasteiger partial charge is 0.395 e. The van der Waals surface area contributed by atoms with Crippen LogP contribution < -0.4 is 10.5 Å². The van der Waals surface area contributed by atoms with Crippen molar-refractivity contribution in [2.24, 2.45) is 0 Å². The van der Waals surface area contributed by atoms with Crippen molar-refractivity contribution in [1.82, 2.24) is 4.57 Å². The van der Waals surface area contributed by atoms with Crippen LogP contribution in [0.3, 0.4) is 0 Å². The Kier molecular flexibility index (Phi) is 4.13. The second kappa shape index (κ2) is 6.06. The summed E-state index contributed by atoms with van der Waals surface area (Å²) < 4.78 is 2.50. The van der Waals surface area contributed by atoms with Crippen LogP contribution in [0.1, 0.15) is 15.9 Å². The summed E-state index contributed by atoms with van der Waals surface area (Å²) in [5, 5.41) is 9.18. The Balaban J connectivity index is 2.08. The van der Waals surface area contributed by atoms with Crippen molar-refractivity contribution in [3.63, 3.8) is 0 Å². The van der Waals surface area contributed by atoms with Gasteiger partial charge in [0.05, 0.1) is 12.2 Å². The molecule has 0 aliphatic carbocycles. The van der Waals surface area contributed by atoms with Crippen molar-refractivity contribution in [1.29, 1.82) is 0 Å². The van der Waals surface area contributed by atoms with Crippen molar-refractivity contribution in [3.05, 3.63) is 62.4 Å². The number of rotatable bonds is 4. The van der Waals surface area contributed by atoms with Gasteiger partial charge in [-0.05, 0) is 30.3 Å². The number of aromatic nitrogens is 1. The minimum atomic E-state index is -0.124. The van der Waals surface area contributed by atoms with E-state index < -0.39 is 0 Å². The predicted octanol–water partition coefficient (Wildman–Crippen LogP) is 1.65. The maximum absolute atomic E-state index is 12.8. The van der Waals surface area contributed by atoms with Gasteiger partial charge in [-0.2, -0.15) is 0 Å². The van der Waals surface area contributed by atoms with Crippen LogP contribution in [0.2, 0.25) is 0 Å². The number of halogens is 1. The lowest BCUT2D eigenvalue weighted by molar-refractivity contribution is 0.103. The summed E-state index contributed by atoms with van der Waals surface area (Å²) in [4.78, 5) is 26.6. The van der Waals surface area contributed by atoms with Crippen LogP contribution >= 0.6 is 15.9 Å². The zero-order valence-corrected chi connectivity index (χ0v) is 13.4. The Labute approximate surface area is 135 Å². The third kappa shape index (κ3) is 2.60. The van der Waals surface area contributed by atoms with Crippen molar-refractivity contribution in [2.45, 2.75) is 6.54 Å². The Morgan fingerprint density at radius 3 is 2.55 bits per heavy atom. The Bertz CT molecular complexity index is 768. The average molecular weight is 363 g/mol. The third-order valence-electron chi connectivity index (χ3n) is 3.77. The maximum atomic E-state index is 12.8. The lowest BCUT2D eigenvalue weighted by Crippen LogP contribution is -2.27. The fraction of sp³-hybridized carbons (Fsp3) is 0.250. The number of ketones is 1. The van der Waals surface area contributed by atoms with Gasteiger partial charge >= 0.3 is 0 Å². The molecule has 1 aromatic heterocycles. The van der Waals surface area contributed by atoms with Crippen molar-refractivity contribution >= 4 is 27.5 Å². The van der Waals surface area contributed by atoms with Crippen LogP contribution in [0.15, 0.2) is 45.7 Å². The van der Waals surface area contributed by atoms with Crippen molar-refractivity contribution in [2.75, 3.05) is 24.6 Å². The van der Waals surface area contributed by atoms with Gasteiger partial charge in [-0.25, -0.2) is 0 Å². The topological polar surface area (TPSA) is 62.5 Å². The van der Waals surface area contributed by atoms with Gasteiger partial charge in [0, 0.05) is 35.7 Å². The first-order chi connectivity index (χ1) is 10.6. The van der Waals surface area contributed by atoms with Gasteiger partial charge in [-0.3, -0.25) is 14.2 Å². The molecule has 1 N–H and O–H groups in total. The summed E-state index contributed by atoms with van der Waals surface area (Å²) in [6.45, 7) is 1.55. The fourth-order valence-electron chi connectivity index (χ4n) is 2.73. The molecule has 114 valence electrons. The molecule has 3 rings (SSSR count). The highest BCUT2D eigenvalue weighted by Gasteiger charge is 2.26. The molecule has 6 heteroatoms. The van der Waals surface area contributed by atoms with E-state index in [4.69, 9.17) is 0 Å². The third-order valence-corrected chi connectivity index (χ3v) is 4.30. The van der Waals surface area contributed by atoms with Gasteiger partial charge < -0.3 is 10.0 Å². The Morgan fingerprint density at radius 1 is 1.14 bits per heavy atom. The fourth-order valence-corrected chi connectivity index (χ4v) is 2.99. The smallest absolute Gasteiger partial charge is 0.252 e. The molecule has 0 saturated heterocycles. The quantitative estimate of drug-likeness (QED) is 0.840. The molecule has 0 bridgehead atoms. The summed E-state index contributed by atoms with van der Waals surface area (Å²) in [5.41, 5.74) is 0.941. The predicted molar refractivity (Wildman–Crippen MR) is 87.6 cm³/mol. The van der Waals surface area contributed by atoms with E-state index in [9.17, 15) is 14.7 Å². The lowest BCUT2D eigenvalue weighted by Gasteiger charge is -2.19. The van der Waals surface area contributed by atoms with Crippen LogP contribution in [0.25, 0.3) is 0 Å². The number of aliphatic hydroxyl groups is 1. The van der Waals surface area contributed by atoms with Crippen LogP contribution in [-0.4, -0.2) is 35.2 Å². The highest BCUT2D eigenvalue weighted by Crippen LogP contribution is 2.26. The molecule has 0 unspecified atom stereocenters. The first-order valence-electron chi connectivity index (χ1n) is 7.02. The van der Waals surface area contributed by atoms with Gasteiger partial charge in [-0.15, -0.1) is 0 Å². The monoisotopic (exact) mass is 362 g/mol. The van der Waals surface area contributed by atoms with Crippen molar-refractivity contribution < 1.29 is 9.90 Å². The van der Waals surface area contributed by atoms with Gasteiger partial charge in [-0.1, -0.05) is 15.9 Å². The van der Waals surface area contributed by atoms with E-state index in [-0.39, 0.29) is 17.9 Å².